The lowest BCUT2D eigenvalue weighted by Crippen LogP contribution is -2.15. The van der Waals surface area contributed by atoms with Gasteiger partial charge >= 0.3 is 0 Å². The van der Waals surface area contributed by atoms with Crippen molar-refractivity contribution in [1.29, 1.82) is 0 Å². The Morgan fingerprint density at radius 1 is 0.611 bits per heavy atom. The van der Waals surface area contributed by atoms with E-state index < -0.39 is 0 Å². The lowest BCUT2D eigenvalue weighted by atomic mass is 10.1. The van der Waals surface area contributed by atoms with E-state index in [2.05, 4.69) is 21.5 Å². The van der Waals surface area contributed by atoms with Crippen LogP contribution in [0.15, 0.2) is 0 Å². The molecule has 0 aliphatic carbocycles. The first-order chi connectivity index (χ1) is 8.91. The van der Waals surface area contributed by atoms with Crippen LogP contribution in [0.5, 0.6) is 0 Å². The van der Waals surface area contributed by atoms with Gasteiger partial charge in [0.05, 0.1) is 0 Å². The predicted molar refractivity (Wildman–Crippen MR) is 88.5 cm³/mol. The van der Waals surface area contributed by atoms with Crippen LogP contribution in [0.4, 0.5) is 0 Å². The molecule has 0 aromatic rings. The van der Waals surface area contributed by atoms with Gasteiger partial charge in [-0.05, 0) is 38.5 Å². The van der Waals surface area contributed by atoms with Gasteiger partial charge in [0.1, 0.15) is 0 Å². The fourth-order valence-corrected chi connectivity index (χ4v) is 2.58. The zero-order valence-electron chi connectivity index (χ0n) is 12.7. The molecule has 0 saturated heterocycles. The molecular weight excluding hydrogens is 237 g/mol. The number of hydrogen-bond acceptors (Lipinski definition) is 1. The molecule has 1 unspecified atom stereocenters. The molecule has 0 rings (SSSR count). The van der Waals surface area contributed by atoms with E-state index in [-0.39, 0.29) is 0 Å². The highest BCUT2D eigenvalue weighted by atomic mass is 31.0. The van der Waals surface area contributed by atoms with Crippen molar-refractivity contribution in [1.82, 2.24) is 5.32 Å². The van der Waals surface area contributed by atoms with Gasteiger partial charge in [0.2, 0.25) is 0 Å². The molecule has 0 radical (unpaired) electrons. The predicted octanol–water partition coefficient (Wildman–Crippen LogP) is 5.15. The summed E-state index contributed by atoms with van der Waals surface area (Å²) >= 11 is 0. The SMILES string of the molecule is CCCNCCCCCCCCCCCCCP. The zero-order valence-corrected chi connectivity index (χ0v) is 13.8. The molecule has 0 aromatic heterocycles. The molecule has 2 heteroatoms. The Kier molecular flexibility index (Phi) is 17.8. The average Bonchev–Trinajstić information content (AvgIpc) is 2.39. The highest BCUT2D eigenvalue weighted by molar-refractivity contribution is 7.16. The van der Waals surface area contributed by atoms with E-state index in [1.54, 1.807) is 0 Å². The summed E-state index contributed by atoms with van der Waals surface area (Å²) in [6, 6.07) is 0. The standard InChI is InChI=1S/C16H36NP/c1-2-14-17-15-12-10-8-6-4-3-5-7-9-11-13-16-18/h17H,2-16,18H2,1H3. The van der Waals surface area contributed by atoms with Crippen LogP contribution in [0.2, 0.25) is 0 Å². The van der Waals surface area contributed by atoms with Gasteiger partial charge in [-0.25, -0.2) is 0 Å². The Balaban J connectivity index is 2.86. The molecule has 18 heavy (non-hydrogen) atoms. The van der Waals surface area contributed by atoms with E-state index in [1.165, 1.54) is 96.3 Å². The van der Waals surface area contributed by atoms with Crippen LogP contribution in [-0.2, 0) is 0 Å². The highest BCUT2D eigenvalue weighted by Crippen LogP contribution is 2.11. The molecule has 0 spiro atoms. The highest BCUT2D eigenvalue weighted by Gasteiger charge is 1.93. The summed E-state index contributed by atoms with van der Waals surface area (Å²) in [7, 11) is 2.82. The normalized spacial score (nSPS) is 11.0. The monoisotopic (exact) mass is 273 g/mol. The van der Waals surface area contributed by atoms with E-state index >= 15 is 0 Å². The lowest BCUT2D eigenvalue weighted by Gasteiger charge is -2.04. The summed E-state index contributed by atoms with van der Waals surface area (Å²) in [5.74, 6) is 0. The summed E-state index contributed by atoms with van der Waals surface area (Å²) < 4.78 is 0. The second kappa shape index (κ2) is 17.4. The van der Waals surface area contributed by atoms with Crippen LogP contribution in [0.3, 0.4) is 0 Å². The van der Waals surface area contributed by atoms with Crippen LogP contribution < -0.4 is 5.32 Å². The maximum atomic E-state index is 3.47. The number of nitrogens with one attached hydrogen (secondary N) is 1. The minimum Gasteiger partial charge on any atom is -0.317 e. The van der Waals surface area contributed by atoms with Gasteiger partial charge in [0.25, 0.3) is 0 Å². The second-order valence-electron chi connectivity index (χ2n) is 5.43. The van der Waals surface area contributed by atoms with E-state index in [0.29, 0.717) is 0 Å². The Morgan fingerprint density at radius 2 is 1.06 bits per heavy atom. The molecule has 1 nitrogen and oxygen atoms in total. The third-order valence-electron chi connectivity index (χ3n) is 3.48. The van der Waals surface area contributed by atoms with Crippen molar-refractivity contribution in [3.63, 3.8) is 0 Å². The van der Waals surface area contributed by atoms with Gasteiger partial charge in [-0.1, -0.05) is 64.7 Å². The quantitative estimate of drug-likeness (QED) is 0.321. The fraction of sp³-hybridized carbons (Fsp3) is 1.00. The zero-order chi connectivity index (χ0) is 13.3. The van der Waals surface area contributed by atoms with Crippen molar-refractivity contribution >= 4 is 9.24 Å². The summed E-state index contributed by atoms with van der Waals surface area (Å²) in [6.07, 6.45) is 18.4. The van der Waals surface area contributed by atoms with Gasteiger partial charge in [-0.2, -0.15) is 0 Å². The Labute approximate surface area is 118 Å². The smallest absolute Gasteiger partial charge is 0.00489 e. The molecule has 1 atom stereocenters. The first-order valence-corrected chi connectivity index (χ1v) is 9.14. The van der Waals surface area contributed by atoms with Gasteiger partial charge in [-0.3, -0.25) is 0 Å². The van der Waals surface area contributed by atoms with Crippen LogP contribution >= 0.6 is 9.24 Å². The average molecular weight is 273 g/mol. The van der Waals surface area contributed by atoms with Gasteiger partial charge < -0.3 is 5.32 Å². The summed E-state index contributed by atoms with van der Waals surface area (Å²) in [5, 5.41) is 3.47. The number of unbranched alkanes of at least 4 members (excludes halogenated alkanes) is 10. The molecule has 0 amide bonds. The molecule has 0 aromatic carbocycles. The van der Waals surface area contributed by atoms with Crippen LogP contribution in [0.25, 0.3) is 0 Å². The minimum atomic E-state index is 1.19. The maximum Gasteiger partial charge on any atom is -0.00489 e. The van der Waals surface area contributed by atoms with Gasteiger partial charge in [-0.15, -0.1) is 9.24 Å². The van der Waals surface area contributed by atoms with Crippen molar-refractivity contribution in [3.8, 4) is 0 Å². The Hall–Kier alpha value is 0.390. The topological polar surface area (TPSA) is 12.0 Å². The van der Waals surface area contributed by atoms with Crippen molar-refractivity contribution in [2.24, 2.45) is 0 Å². The minimum absolute atomic E-state index is 1.19. The van der Waals surface area contributed by atoms with E-state index in [4.69, 9.17) is 0 Å². The third-order valence-corrected chi connectivity index (χ3v) is 3.89. The molecule has 0 aliphatic rings. The van der Waals surface area contributed by atoms with Crippen LogP contribution in [-0.4, -0.2) is 19.3 Å². The van der Waals surface area contributed by atoms with Gasteiger partial charge in [0.15, 0.2) is 0 Å². The Morgan fingerprint density at radius 3 is 1.50 bits per heavy atom. The van der Waals surface area contributed by atoms with Crippen LogP contribution in [0.1, 0.15) is 84.0 Å². The van der Waals surface area contributed by atoms with Crippen molar-refractivity contribution in [2.45, 2.75) is 84.0 Å². The molecule has 0 saturated carbocycles. The number of hydrogen-bond donors (Lipinski definition) is 1. The molecule has 0 heterocycles. The summed E-state index contributed by atoms with van der Waals surface area (Å²) in [5.41, 5.74) is 0. The van der Waals surface area contributed by atoms with E-state index in [9.17, 15) is 0 Å². The molecule has 1 N–H and O–H groups in total. The van der Waals surface area contributed by atoms with Crippen LogP contribution in [0, 0.1) is 0 Å². The first kappa shape index (κ1) is 18.4. The molecule has 110 valence electrons. The first-order valence-electron chi connectivity index (χ1n) is 8.32. The molecule has 0 bridgehead atoms. The van der Waals surface area contributed by atoms with E-state index in [0.717, 1.165) is 0 Å². The molecule has 0 aliphatic heterocycles. The second-order valence-corrected chi connectivity index (χ2v) is 6.01. The fourth-order valence-electron chi connectivity index (χ4n) is 2.29. The molecule has 0 fully saturated rings. The maximum absolute atomic E-state index is 3.47. The lowest BCUT2D eigenvalue weighted by molar-refractivity contribution is 0.539. The Bertz CT molecular complexity index is 123. The summed E-state index contributed by atoms with van der Waals surface area (Å²) in [6.45, 7) is 4.65. The van der Waals surface area contributed by atoms with Crippen molar-refractivity contribution in [2.75, 3.05) is 19.3 Å². The van der Waals surface area contributed by atoms with Crippen molar-refractivity contribution in [3.05, 3.63) is 0 Å². The van der Waals surface area contributed by atoms with Gasteiger partial charge in [0, 0.05) is 0 Å². The number of rotatable bonds is 15. The third kappa shape index (κ3) is 16.4. The summed E-state index contributed by atoms with van der Waals surface area (Å²) in [4.78, 5) is 0. The van der Waals surface area contributed by atoms with Crippen molar-refractivity contribution < 1.29 is 0 Å². The largest absolute Gasteiger partial charge is 0.317 e. The molecular formula is C16H36NP. The van der Waals surface area contributed by atoms with E-state index in [1.807, 2.05) is 0 Å².